The van der Waals surface area contributed by atoms with Crippen molar-refractivity contribution in [2.45, 2.75) is 32.2 Å². The normalized spacial score (nSPS) is 17.7. The number of hydrogen-bond acceptors (Lipinski definition) is 5. The molecule has 8 heteroatoms. The molecule has 126 valence electrons. The third-order valence-corrected chi connectivity index (χ3v) is 4.73. The molecule has 2 aromatic rings. The molecule has 0 aromatic carbocycles. The number of piperidine rings is 1. The Morgan fingerprint density at radius 2 is 2.00 bits per heavy atom. The smallest absolute Gasteiger partial charge is 0.272 e. The lowest BCUT2D eigenvalue weighted by Gasteiger charge is -2.30. The molecule has 1 saturated heterocycles. The van der Waals surface area contributed by atoms with Crippen LogP contribution in [0.4, 0.5) is 5.95 Å². The highest BCUT2D eigenvalue weighted by atomic mass is 16.2. The summed E-state index contributed by atoms with van der Waals surface area (Å²) >= 11 is 0. The Bertz CT molecular complexity index is 791. The Morgan fingerprint density at radius 3 is 2.75 bits per heavy atom. The highest BCUT2D eigenvalue weighted by Gasteiger charge is 2.26. The average Bonchev–Trinajstić information content (AvgIpc) is 3.16. The fourth-order valence-corrected chi connectivity index (χ4v) is 3.40. The van der Waals surface area contributed by atoms with Crippen molar-refractivity contribution < 1.29 is 4.79 Å². The van der Waals surface area contributed by atoms with Crippen LogP contribution in [0.15, 0.2) is 17.1 Å². The molecule has 1 fully saturated rings. The lowest BCUT2D eigenvalue weighted by Crippen LogP contribution is -2.40. The van der Waals surface area contributed by atoms with Crippen LogP contribution in [-0.4, -0.2) is 50.6 Å². The fraction of sp³-hybridized carbons (Fsp3) is 0.500. The number of anilines is 1. The maximum absolute atomic E-state index is 12.5. The predicted octanol–water partition coefficient (Wildman–Crippen LogP) is 0.682. The molecular weight excluding hydrogens is 308 g/mol. The first-order chi connectivity index (χ1) is 11.7. The Hall–Kier alpha value is -2.64. The second-order valence-electron chi connectivity index (χ2n) is 6.31. The zero-order chi connectivity index (χ0) is 16.5. The highest BCUT2D eigenvalue weighted by Crippen LogP contribution is 2.20. The van der Waals surface area contributed by atoms with Gasteiger partial charge in [-0.3, -0.25) is 19.7 Å². The van der Waals surface area contributed by atoms with E-state index >= 15 is 0 Å². The van der Waals surface area contributed by atoms with Gasteiger partial charge in [0.25, 0.3) is 11.5 Å². The predicted molar refractivity (Wildman–Crippen MR) is 88.0 cm³/mol. The van der Waals surface area contributed by atoms with E-state index in [1.807, 2.05) is 0 Å². The number of nitrogens with one attached hydrogen (secondary N) is 2. The quantitative estimate of drug-likeness (QED) is 0.845. The molecule has 4 rings (SSSR count). The third kappa shape index (κ3) is 2.68. The summed E-state index contributed by atoms with van der Waals surface area (Å²) < 4.78 is 0. The minimum Gasteiger partial charge on any atom is -0.342 e. The van der Waals surface area contributed by atoms with Crippen LogP contribution in [0.2, 0.25) is 0 Å². The number of fused-ring (bicyclic) bond motifs is 1. The number of aromatic nitrogens is 4. The monoisotopic (exact) mass is 328 g/mol. The van der Waals surface area contributed by atoms with Crippen LogP contribution in [-0.2, 0) is 13.0 Å². The third-order valence-electron chi connectivity index (χ3n) is 4.73. The van der Waals surface area contributed by atoms with Crippen molar-refractivity contribution in [2.75, 3.05) is 24.5 Å². The average molecular weight is 328 g/mol. The highest BCUT2D eigenvalue weighted by molar-refractivity contribution is 5.92. The van der Waals surface area contributed by atoms with Gasteiger partial charge in [-0.25, -0.2) is 4.98 Å². The zero-order valence-corrected chi connectivity index (χ0v) is 13.4. The number of aromatic amines is 2. The minimum atomic E-state index is -0.111. The number of rotatable bonds is 2. The van der Waals surface area contributed by atoms with Crippen molar-refractivity contribution in [3.8, 4) is 0 Å². The van der Waals surface area contributed by atoms with Gasteiger partial charge in [0.2, 0.25) is 5.95 Å². The summed E-state index contributed by atoms with van der Waals surface area (Å²) in [5, 5.41) is 6.52. The maximum Gasteiger partial charge on any atom is 0.272 e. The van der Waals surface area contributed by atoms with Crippen LogP contribution < -0.4 is 10.5 Å². The van der Waals surface area contributed by atoms with Gasteiger partial charge in [-0.15, -0.1) is 0 Å². The summed E-state index contributed by atoms with van der Waals surface area (Å²) in [7, 11) is 0. The van der Waals surface area contributed by atoms with Crippen molar-refractivity contribution in [2.24, 2.45) is 0 Å². The minimum absolute atomic E-state index is 0.0748. The first-order valence-electron chi connectivity index (χ1n) is 8.38. The summed E-state index contributed by atoms with van der Waals surface area (Å²) in [6.07, 6.45) is 5.54. The second kappa shape index (κ2) is 6.10. The Kier molecular flexibility index (Phi) is 3.79. The van der Waals surface area contributed by atoms with Crippen LogP contribution in [0, 0.1) is 0 Å². The first kappa shape index (κ1) is 14.9. The van der Waals surface area contributed by atoms with Gasteiger partial charge in [0, 0.05) is 31.4 Å². The van der Waals surface area contributed by atoms with Crippen LogP contribution in [0.3, 0.4) is 0 Å². The molecule has 0 spiro atoms. The number of carbonyl (C=O) groups excluding carboxylic acids is 1. The number of carbonyl (C=O) groups is 1. The molecule has 2 aromatic heterocycles. The lowest BCUT2D eigenvalue weighted by molar-refractivity contribution is 0.0725. The van der Waals surface area contributed by atoms with Crippen LogP contribution >= 0.6 is 0 Å². The largest absolute Gasteiger partial charge is 0.342 e. The Labute approximate surface area is 138 Å². The lowest BCUT2D eigenvalue weighted by atomic mass is 10.1. The summed E-state index contributed by atoms with van der Waals surface area (Å²) in [4.78, 5) is 36.3. The van der Waals surface area contributed by atoms with Gasteiger partial charge in [-0.2, -0.15) is 5.10 Å². The van der Waals surface area contributed by atoms with Gasteiger partial charge in [0.1, 0.15) is 5.69 Å². The van der Waals surface area contributed by atoms with Gasteiger partial charge >= 0.3 is 0 Å². The van der Waals surface area contributed by atoms with Gasteiger partial charge in [-0.05, 0) is 31.7 Å². The van der Waals surface area contributed by atoms with Crippen molar-refractivity contribution >= 4 is 11.9 Å². The SMILES string of the molecule is O=C(c1ccn[nH]1)N1CCc2c(nc(N3CCCCC3)[nH]c2=O)C1. The molecule has 0 saturated carbocycles. The number of amides is 1. The molecule has 0 aliphatic carbocycles. The zero-order valence-electron chi connectivity index (χ0n) is 13.4. The van der Waals surface area contributed by atoms with E-state index in [1.165, 1.54) is 6.42 Å². The molecule has 0 radical (unpaired) electrons. The fourth-order valence-electron chi connectivity index (χ4n) is 3.40. The van der Waals surface area contributed by atoms with Gasteiger partial charge in [-0.1, -0.05) is 0 Å². The molecular formula is C16H20N6O2. The second-order valence-corrected chi connectivity index (χ2v) is 6.31. The van der Waals surface area contributed by atoms with Crippen LogP contribution in [0.25, 0.3) is 0 Å². The molecule has 0 bridgehead atoms. The van der Waals surface area contributed by atoms with Gasteiger partial charge in [0.15, 0.2) is 0 Å². The van der Waals surface area contributed by atoms with Crippen LogP contribution in [0.1, 0.15) is 41.0 Å². The Balaban J connectivity index is 1.61. The number of nitrogens with zero attached hydrogens (tertiary/aromatic N) is 4. The molecule has 8 nitrogen and oxygen atoms in total. The molecule has 24 heavy (non-hydrogen) atoms. The van der Waals surface area contributed by atoms with E-state index in [0.717, 1.165) is 25.9 Å². The number of H-pyrrole nitrogens is 2. The van der Waals surface area contributed by atoms with Crippen molar-refractivity contribution in [3.63, 3.8) is 0 Å². The van der Waals surface area contributed by atoms with Crippen LogP contribution in [0.5, 0.6) is 0 Å². The topological polar surface area (TPSA) is 98.0 Å². The van der Waals surface area contributed by atoms with E-state index in [9.17, 15) is 9.59 Å². The first-order valence-corrected chi connectivity index (χ1v) is 8.38. The molecule has 2 aliphatic heterocycles. The van der Waals surface area contributed by atoms with E-state index in [1.54, 1.807) is 17.2 Å². The van der Waals surface area contributed by atoms with E-state index in [-0.39, 0.29) is 11.5 Å². The van der Waals surface area contributed by atoms with Crippen molar-refractivity contribution in [1.29, 1.82) is 0 Å². The van der Waals surface area contributed by atoms with Crippen molar-refractivity contribution in [1.82, 2.24) is 25.1 Å². The molecule has 1 amide bonds. The number of hydrogen-bond donors (Lipinski definition) is 2. The molecule has 0 unspecified atom stereocenters. The van der Waals surface area contributed by atoms with E-state index in [0.29, 0.717) is 42.4 Å². The van der Waals surface area contributed by atoms with Gasteiger partial charge < -0.3 is 9.80 Å². The van der Waals surface area contributed by atoms with E-state index in [4.69, 9.17) is 0 Å². The molecule has 2 aliphatic rings. The molecule has 0 atom stereocenters. The summed E-state index contributed by atoms with van der Waals surface area (Å²) in [5.41, 5.74) is 1.79. The summed E-state index contributed by atoms with van der Waals surface area (Å²) in [6, 6.07) is 1.65. The Morgan fingerprint density at radius 1 is 1.17 bits per heavy atom. The standard InChI is InChI=1S/C16H20N6O2/c23-14-11-5-9-22(15(24)12-4-6-17-20-12)10-13(11)18-16(19-14)21-7-2-1-3-8-21/h4,6H,1-3,5,7-10H2,(H,17,20)(H,18,19,23). The van der Waals surface area contributed by atoms with Gasteiger partial charge in [0.05, 0.1) is 12.2 Å². The molecule has 4 heterocycles. The van der Waals surface area contributed by atoms with Crippen molar-refractivity contribution in [3.05, 3.63) is 39.6 Å². The van der Waals surface area contributed by atoms with E-state index < -0.39 is 0 Å². The summed E-state index contributed by atoms with van der Waals surface area (Å²) in [6.45, 7) is 2.70. The molecule has 2 N–H and O–H groups in total. The summed E-state index contributed by atoms with van der Waals surface area (Å²) in [5.74, 6) is 0.522. The van der Waals surface area contributed by atoms with E-state index in [2.05, 4.69) is 25.1 Å². The maximum atomic E-state index is 12.5.